The van der Waals surface area contributed by atoms with Crippen LogP contribution in [0.15, 0.2) is 42.5 Å². The van der Waals surface area contributed by atoms with Crippen LogP contribution in [0.25, 0.3) is 11.0 Å². The number of carbonyl (C=O) groups excluding carboxylic acids is 1. The largest absolute Gasteiger partial charge is 0.313 e. The minimum Gasteiger partial charge on any atom is -0.313 e. The van der Waals surface area contributed by atoms with E-state index in [0.29, 0.717) is 11.6 Å². The maximum atomic E-state index is 13.7. The van der Waals surface area contributed by atoms with Crippen LogP contribution in [-0.2, 0) is 13.6 Å². The highest BCUT2D eigenvalue weighted by Gasteiger charge is 2.16. The average Bonchev–Trinajstić information content (AvgIpc) is 2.73. The molecule has 1 aromatic heterocycles. The quantitative estimate of drug-likeness (QED) is 0.743. The summed E-state index contributed by atoms with van der Waals surface area (Å²) < 4.78 is 29.8. The number of imidazole rings is 1. The molecule has 1 N–H and O–H groups in total. The minimum absolute atomic E-state index is 0.136. The van der Waals surface area contributed by atoms with E-state index in [2.05, 4.69) is 0 Å². The van der Waals surface area contributed by atoms with Gasteiger partial charge in [0.05, 0.1) is 23.1 Å². The van der Waals surface area contributed by atoms with E-state index in [-0.39, 0.29) is 17.7 Å². The molecule has 0 bridgehead atoms. The van der Waals surface area contributed by atoms with Crippen molar-refractivity contribution in [1.82, 2.24) is 9.13 Å². The second-order valence-electron chi connectivity index (χ2n) is 5.00. The number of carbonyl (C=O) groups is 1. The second kappa shape index (κ2) is 5.22. The number of nitrogens with zero attached hydrogens (tertiary/aromatic N) is 2. The summed E-state index contributed by atoms with van der Waals surface area (Å²) in [5.74, 6) is -2.13. The summed E-state index contributed by atoms with van der Waals surface area (Å²) in [7, 11) is 1.73. The SMILES string of the molecule is Cn1c(=N)n(CC(=O)c2ccc(F)cc2F)c2ccccc21. The van der Waals surface area contributed by atoms with Gasteiger partial charge < -0.3 is 9.13 Å². The third-order valence-electron chi connectivity index (χ3n) is 3.64. The van der Waals surface area contributed by atoms with Crippen molar-refractivity contribution < 1.29 is 13.6 Å². The van der Waals surface area contributed by atoms with Gasteiger partial charge in [-0.1, -0.05) is 12.1 Å². The van der Waals surface area contributed by atoms with E-state index in [1.807, 2.05) is 12.1 Å². The van der Waals surface area contributed by atoms with Crippen LogP contribution in [0, 0.1) is 17.0 Å². The van der Waals surface area contributed by atoms with Crippen molar-refractivity contribution in [2.24, 2.45) is 7.05 Å². The van der Waals surface area contributed by atoms with Gasteiger partial charge in [0.1, 0.15) is 11.6 Å². The number of Topliss-reactive ketones (excluding diaryl/α,β-unsaturated/α-hetero) is 1. The van der Waals surface area contributed by atoms with Crippen molar-refractivity contribution >= 4 is 16.8 Å². The Morgan fingerprint density at radius 3 is 2.50 bits per heavy atom. The predicted molar refractivity (Wildman–Crippen MR) is 77.5 cm³/mol. The summed E-state index contributed by atoms with van der Waals surface area (Å²) in [6.07, 6.45) is 0. The maximum Gasteiger partial charge on any atom is 0.203 e. The third kappa shape index (κ3) is 2.22. The molecule has 0 saturated carbocycles. The minimum atomic E-state index is -0.891. The summed E-state index contributed by atoms with van der Waals surface area (Å²) in [6.45, 7) is -0.178. The van der Waals surface area contributed by atoms with Gasteiger partial charge in [-0.25, -0.2) is 8.78 Å². The van der Waals surface area contributed by atoms with E-state index in [0.717, 1.165) is 17.6 Å². The van der Waals surface area contributed by atoms with Crippen LogP contribution in [0.4, 0.5) is 8.78 Å². The number of aryl methyl sites for hydroxylation is 1. The van der Waals surface area contributed by atoms with Crippen molar-refractivity contribution in [1.29, 1.82) is 5.41 Å². The zero-order valence-electron chi connectivity index (χ0n) is 11.8. The highest BCUT2D eigenvalue weighted by atomic mass is 19.1. The summed E-state index contributed by atoms with van der Waals surface area (Å²) in [4.78, 5) is 12.3. The zero-order chi connectivity index (χ0) is 15.9. The lowest BCUT2D eigenvalue weighted by molar-refractivity contribution is 0.0967. The first kappa shape index (κ1) is 14.2. The van der Waals surface area contributed by atoms with Crippen LogP contribution in [0.2, 0.25) is 0 Å². The smallest absolute Gasteiger partial charge is 0.203 e. The molecule has 0 fully saturated rings. The summed E-state index contributed by atoms with van der Waals surface area (Å²) >= 11 is 0. The Morgan fingerprint density at radius 2 is 1.82 bits per heavy atom. The molecule has 0 unspecified atom stereocenters. The van der Waals surface area contributed by atoms with Crippen LogP contribution in [0.3, 0.4) is 0 Å². The molecule has 2 aromatic carbocycles. The first-order valence-electron chi connectivity index (χ1n) is 6.66. The van der Waals surface area contributed by atoms with E-state index >= 15 is 0 Å². The Kier molecular flexibility index (Phi) is 3.36. The summed E-state index contributed by atoms with van der Waals surface area (Å²) in [6, 6.07) is 10.1. The van der Waals surface area contributed by atoms with E-state index in [9.17, 15) is 13.6 Å². The highest BCUT2D eigenvalue weighted by molar-refractivity contribution is 5.96. The van der Waals surface area contributed by atoms with Gasteiger partial charge in [-0.15, -0.1) is 0 Å². The number of para-hydroxylation sites is 2. The molecular formula is C16H13F2N3O. The van der Waals surface area contributed by atoms with Gasteiger partial charge in [-0.2, -0.15) is 0 Å². The van der Waals surface area contributed by atoms with Crippen molar-refractivity contribution in [2.45, 2.75) is 6.54 Å². The van der Waals surface area contributed by atoms with Crippen molar-refractivity contribution in [3.8, 4) is 0 Å². The lowest BCUT2D eigenvalue weighted by Crippen LogP contribution is -2.26. The number of benzene rings is 2. The number of ketones is 1. The molecule has 1 heterocycles. The normalized spacial score (nSPS) is 11.0. The molecule has 0 aliphatic carbocycles. The fourth-order valence-electron chi connectivity index (χ4n) is 2.49. The third-order valence-corrected chi connectivity index (χ3v) is 3.64. The molecule has 3 rings (SSSR count). The fraction of sp³-hybridized carbons (Fsp3) is 0.125. The molecular weight excluding hydrogens is 288 g/mol. The van der Waals surface area contributed by atoms with Gasteiger partial charge in [0.15, 0.2) is 5.78 Å². The van der Waals surface area contributed by atoms with Gasteiger partial charge >= 0.3 is 0 Å². The lowest BCUT2D eigenvalue weighted by Gasteiger charge is -2.05. The Labute approximate surface area is 124 Å². The standard InChI is InChI=1S/C16H13F2N3O/c1-20-13-4-2-3-5-14(13)21(16(20)19)9-15(22)11-7-6-10(17)8-12(11)18/h2-8,19H,9H2,1H3. The molecule has 3 aromatic rings. The monoisotopic (exact) mass is 301 g/mol. The number of aromatic nitrogens is 2. The predicted octanol–water partition coefficient (Wildman–Crippen LogP) is 2.62. The number of fused-ring (bicyclic) bond motifs is 1. The van der Waals surface area contributed by atoms with Crippen LogP contribution in [0.1, 0.15) is 10.4 Å². The number of hydrogen-bond acceptors (Lipinski definition) is 2. The van der Waals surface area contributed by atoms with Gasteiger partial charge in [-0.3, -0.25) is 10.2 Å². The van der Waals surface area contributed by atoms with E-state index in [1.54, 1.807) is 23.7 Å². The van der Waals surface area contributed by atoms with Gasteiger partial charge in [-0.05, 0) is 24.3 Å². The van der Waals surface area contributed by atoms with Crippen LogP contribution < -0.4 is 5.62 Å². The van der Waals surface area contributed by atoms with Crippen LogP contribution >= 0.6 is 0 Å². The molecule has 6 heteroatoms. The second-order valence-corrected chi connectivity index (χ2v) is 5.00. The van der Waals surface area contributed by atoms with Gasteiger partial charge in [0.2, 0.25) is 5.62 Å². The lowest BCUT2D eigenvalue weighted by atomic mass is 10.1. The molecule has 0 spiro atoms. The molecule has 112 valence electrons. The van der Waals surface area contributed by atoms with Crippen LogP contribution in [-0.4, -0.2) is 14.9 Å². The number of halogens is 2. The number of rotatable bonds is 3. The molecule has 0 aliphatic rings. The first-order chi connectivity index (χ1) is 10.5. The molecule has 4 nitrogen and oxygen atoms in total. The van der Waals surface area contributed by atoms with Crippen LogP contribution in [0.5, 0.6) is 0 Å². The number of nitrogens with one attached hydrogen (secondary N) is 1. The van der Waals surface area contributed by atoms with Crippen molar-refractivity contribution in [2.75, 3.05) is 0 Å². The average molecular weight is 301 g/mol. The van der Waals surface area contributed by atoms with Gasteiger partial charge in [0, 0.05) is 13.1 Å². The Hall–Kier alpha value is -2.76. The molecule has 0 saturated heterocycles. The number of hydrogen-bond donors (Lipinski definition) is 1. The highest BCUT2D eigenvalue weighted by Crippen LogP contribution is 2.14. The molecule has 0 radical (unpaired) electrons. The summed E-state index contributed by atoms with van der Waals surface area (Å²) in [5.41, 5.74) is 1.48. The topological polar surface area (TPSA) is 50.8 Å². The zero-order valence-corrected chi connectivity index (χ0v) is 11.8. The Balaban J connectivity index is 2.05. The Bertz CT molecular complexity index is 940. The van der Waals surface area contributed by atoms with E-state index < -0.39 is 17.4 Å². The molecule has 22 heavy (non-hydrogen) atoms. The first-order valence-corrected chi connectivity index (χ1v) is 6.66. The fourth-order valence-corrected chi connectivity index (χ4v) is 2.49. The molecule has 0 atom stereocenters. The van der Waals surface area contributed by atoms with Crippen molar-refractivity contribution in [3.63, 3.8) is 0 Å². The maximum absolute atomic E-state index is 13.7. The van der Waals surface area contributed by atoms with E-state index in [4.69, 9.17) is 5.41 Å². The Morgan fingerprint density at radius 1 is 1.14 bits per heavy atom. The van der Waals surface area contributed by atoms with Gasteiger partial charge in [0.25, 0.3) is 0 Å². The van der Waals surface area contributed by atoms with E-state index in [1.165, 1.54) is 4.57 Å². The summed E-state index contributed by atoms with van der Waals surface area (Å²) in [5, 5.41) is 8.09. The molecule has 0 amide bonds. The molecule has 0 aliphatic heterocycles. The van der Waals surface area contributed by atoms with Crippen molar-refractivity contribution in [3.05, 3.63) is 65.3 Å².